The zero-order valence-corrected chi connectivity index (χ0v) is 20.1. The number of benzene rings is 4. The van der Waals surface area contributed by atoms with Crippen LogP contribution in [-0.4, -0.2) is 28.0 Å². The fourth-order valence-electron chi connectivity index (χ4n) is 4.58. The van der Waals surface area contributed by atoms with E-state index in [1.807, 2.05) is 66.1 Å². The minimum Gasteiger partial charge on any atom is -0.462 e. The highest BCUT2D eigenvalue weighted by molar-refractivity contribution is 6.17. The van der Waals surface area contributed by atoms with Crippen LogP contribution in [-0.2, 0) is 4.74 Å². The van der Waals surface area contributed by atoms with E-state index >= 15 is 0 Å². The van der Waals surface area contributed by atoms with Crippen LogP contribution in [0.2, 0.25) is 0 Å². The number of hydrogen-bond acceptors (Lipinski definition) is 6. The zero-order chi connectivity index (χ0) is 26.1. The highest BCUT2D eigenvalue weighted by atomic mass is 16.6. The molecule has 0 bridgehead atoms. The van der Waals surface area contributed by atoms with E-state index in [1.165, 1.54) is 24.3 Å². The van der Waals surface area contributed by atoms with Crippen LogP contribution < -0.4 is 4.74 Å². The molecule has 0 unspecified atom stereocenters. The number of hydrogen-bond donors (Lipinski definition) is 0. The summed E-state index contributed by atoms with van der Waals surface area (Å²) < 4.78 is 13.2. The van der Waals surface area contributed by atoms with Crippen molar-refractivity contribution in [3.8, 4) is 11.4 Å². The molecule has 0 aliphatic rings. The van der Waals surface area contributed by atoms with E-state index < -0.39 is 16.9 Å². The average molecular weight is 495 g/mol. The van der Waals surface area contributed by atoms with Crippen LogP contribution in [0.1, 0.15) is 33.3 Å². The molecule has 5 aromatic rings. The standard InChI is InChI=1S/C29H22N2O6/c1-3-36-29(33)26-18(2)30(20-11-5-4-6-12-20)27-23-15-8-7-14-22(23)25(17-24(26)27)37-28(32)19-10-9-13-21(16-19)31(34)35/h4-17H,3H2,1-2H3. The molecule has 4 aromatic carbocycles. The number of esters is 2. The Kier molecular flexibility index (Phi) is 6.15. The minimum atomic E-state index is -0.745. The molecule has 0 aliphatic carbocycles. The number of para-hydroxylation sites is 1. The van der Waals surface area contributed by atoms with Crippen molar-refractivity contribution in [2.75, 3.05) is 6.61 Å². The number of aromatic nitrogens is 1. The van der Waals surface area contributed by atoms with Crippen LogP contribution in [0.5, 0.6) is 5.75 Å². The fraction of sp³-hybridized carbons (Fsp3) is 0.103. The lowest BCUT2D eigenvalue weighted by Gasteiger charge is -2.13. The smallest absolute Gasteiger partial charge is 0.343 e. The number of fused-ring (bicyclic) bond motifs is 3. The third kappa shape index (κ3) is 4.18. The summed E-state index contributed by atoms with van der Waals surface area (Å²) in [4.78, 5) is 36.7. The van der Waals surface area contributed by atoms with Crippen molar-refractivity contribution < 1.29 is 24.0 Å². The van der Waals surface area contributed by atoms with Gasteiger partial charge in [-0.3, -0.25) is 10.1 Å². The Morgan fingerprint density at radius 2 is 1.57 bits per heavy atom. The van der Waals surface area contributed by atoms with Crippen LogP contribution in [0, 0.1) is 17.0 Å². The van der Waals surface area contributed by atoms with E-state index in [2.05, 4.69) is 0 Å². The Balaban J connectivity index is 1.76. The zero-order valence-electron chi connectivity index (χ0n) is 20.1. The Bertz CT molecular complexity index is 1690. The molecule has 0 spiro atoms. The molecule has 37 heavy (non-hydrogen) atoms. The van der Waals surface area contributed by atoms with Crippen LogP contribution in [0.3, 0.4) is 0 Å². The lowest BCUT2D eigenvalue weighted by Crippen LogP contribution is -2.09. The molecule has 0 fully saturated rings. The minimum absolute atomic E-state index is 0.0435. The number of nitrogens with zero attached hydrogens (tertiary/aromatic N) is 2. The number of carbonyl (C=O) groups excluding carboxylic acids is 2. The first kappa shape index (κ1) is 23.7. The first-order chi connectivity index (χ1) is 17.9. The molecule has 0 N–H and O–H groups in total. The fourth-order valence-corrected chi connectivity index (χ4v) is 4.58. The second-order valence-corrected chi connectivity index (χ2v) is 8.37. The van der Waals surface area contributed by atoms with Crippen LogP contribution in [0.15, 0.2) is 84.9 Å². The number of nitro benzene ring substituents is 1. The molecular formula is C29H22N2O6. The predicted octanol–water partition coefficient (Wildman–Crippen LogP) is 6.40. The molecule has 0 atom stereocenters. The van der Waals surface area contributed by atoms with Gasteiger partial charge in [0.25, 0.3) is 5.69 Å². The SMILES string of the molecule is CCOC(=O)c1c(C)n(-c2ccccc2)c2c1cc(OC(=O)c1cccc([N+](=O)[O-])c1)c1ccccc12. The van der Waals surface area contributed by atoms with Crippen molar-refractivity contribution in [2.45, 2.75) is 13.8 Å². The van der Waals surface area contributed by atoms with Crippen LogP contribution in [0.25, 0.3) is 27.4 Å². The maximum Gasteiger partial charge on any atom is 0.343 e. The van der Waals surface area contributed by atoms with Crippen LogP contribution >= 0.6 is 0 Å². The maximum atomic E-state index is 13.1. The quantitative estimate of drug-likeness (QED) is 0.117. The third-order valence-corrected chi connectivity index (χ3v) is 6.16. The van der Waals surface area contributed by atoms with E-state index in [-0.39, 0.29) is 23.6 Å². The van der Waals surface area contributed by atoms with E-state index in [4.69, 9.17) is 9.47 Å². The summed E-state index contributed by atoms with van der Waals surface area (Å²) in [5.41, 5.74) is 2.53. The number of rotatable bonds is 6. The van der Waals surface area contributed by atoms with Gasteiger partial charge in [0.05, 0.1) is 28.2 Å². The summed E-state index contributed by atoms with van der Waals surface area (Å²) >= 11 is 0. The highest BCUT2D eigenvalue weighted by Crippen LogP contribution is 2.40. The van der Waals surface area contributed by atoms with Gasteiger partial charge < -0.3 is 14.0 Å². The van der Waals surface area contributed by atoms with E-state index in [0.717, 1.165) is 16.6 Å². The first-order valence-electron chi connectivity index (χ1n) is 11.7. The largest absolute Gasteiger partial charge is 0.462 e. The van der Waals surface area contributed by atoms with Crippen molar-refractivity contribution in [3.05, 3.63) is 112 Å². The second kappa shape index (κ2) is 9.58. The first-order valence-corrected chi connectivity index (χ1v) is 11.7. The average Bonchev–Trinajstić information content (AvgIpc) is 3.21. The molecule has 1 aromatic heterocycles. The summed E-state index contributed by atoms with van der Waals surface area (Å²) in [6, 6.07) is 24.1. The lowest BCUT2D eigenvalue weighted by atomic mass is 10.0. The number of non-ortho nitro benzene ring substituents is 1. The number of nitro groups is 1. The monoisotopic (exact) mass is 494 g/mol. The molecule has 0 saturated heterocycles. The summed E-state index contributed by atoms with van der Waals surface area (Å²) in [6.07, 6.45) is 0. The number of ether oxygens (including phenoxy) is 2. The van der Waals surface area contributed by atoms with Gasteiger partial charge in [-0.1, -0.05) is 48.5 Å². The van der Waals surface area contributed by atoms with Crippen molar-refractivity contribution >= 4 is 39.3 Å². The molecule has 184 valence electrons. The molecule has 0 aliphatic heterocycles. The Morgan fingerprint density at radius 3 is 2.27 bits per heavy atom. The molecular weight excluding hydrogens is 472 g/mol. The highest BCUT2D eigenvalue weighted by Gasteiger charge is 2.26. The van der Waals surface area contributed by atoms with E-state index in [1.54, 1.807) is 13.0 Å². The topological polar surface area (TPSA) is 101 Å². The molecule has 8 heteroatoms. The van der Waals surface area contributed by atoms with Gasteiger partial charge in [-0.25, -0.2) is 9.59 Å². The second-order valence-electron chi connectivity index (χ2n) is 8.37. The van der Waals surface area contributed by atoms with Crippen LogP contribution in [0.4, 0.5) is 5.69 Å². The Labute approximate surface area is 211 Å². The maximum absolute atomic E-state index is 13.1. The molecule has 0 amide bonds. The molecule has 0 saturated carbocycles. The summed E-state index contributed by atoms with van der Waals surface area (Å²) in [5, 5.41) is 13.2. The third-order valence-electron chi connectivity index (χ3n) is 6.16. The van der Waals surface area contributed by atoms with Crippen molar-refractivity contribution in [1.82, 2.24) is 4.57 Å². The van der Waals surface area contributed by atoms with Gasteiger partial charge in [-0.15, -0.1) is 0 Å². The van der Waals surface area contributed by atoms with Crippen molar-refractivity contribution in [2.24, 2.45) is 0 Å². The summed E-state index contributed by atoms with van der Waals surface area (Å²) in [5.74, 6) is -0.994. The molecule has 8 nitrogen and oxygen atoms in total. The summed E-state index contributed by atoms with van der Waals surface area (Å²) in [7, 11) is 0. The van der Waals surface area contributed by atoms with Gasteiger partial charge in [0.2, 0.25) is 0 Å². The number of carbonyl (C=O) groups is 2. The molecule has 5 rings (SSSR count). The van der Waals surface area contributed by atoms with Gasteiger partial charge in [-0.2, -0.15) is 0 Å². The van der Waals surface area contributed by atoms with E-state index in [0.29, 0.717) is 22.0 Å². The van der Waals surface area contributed by atoms with E-state index in [9.17, 15) is 19.7 Å². The molecule has 1 heterocycles. The van der Waals surface area contributed by atoms with Gasteiger partial charge in [-0.05, 0) is 38.1 Å². The molecule has 0 radical (unpaired) electrons. The Hall–Kier alpha value is -4.98. The summed E-state index contributed by atoms with van der Waals surface area (Å²) in [6.45, 7) is 3.80. The van der Waals surface area contributed by atoms with Crippen molar-refractivity contribution in [3.63, 3.8) is 0 Å². The predicted molar refractivity (Wildman–Crippen MR) is 140 cm³/mol. The Morgan fingerprint density at radius 1 is 0.865 bits per heavy atom. The van der Waals surface area contributed by atoms with Crippen molar-refractivity contribution in [1.29, 1.82) is 0 Å². The van der Waals surface area contributed by atoms with Gasteiger partial charge >= 0.3 is 11.9 Å². The van der Waals surface area contributed by atoms with Gasteiger partial charge in [0, 0.05) is 39.7 Å². The lowest BCUT2D eigenvalue weighted by molar-refractivity contribution is -0.384. The van der Waals surface area contributed by atoms with Gasteiger partial charge in [0.1, 0.15) is 5.75 Å². The van der Waals surface area contributed by atoms with Gasteiger partial charge in [0.15, 0.2) is 0 Å². The normalized spacial score (nSPS) is 11.0.